The minimum Gasteiger partial charge on any atom is -0.454 e. The van der Waals surface area contributed by atoms with Crippen molar-refractivity contribution in [3.05, 3.63) is 38.2 Å². The first kappa shape index (κ1) is 18.3. The number of ether oxygens (including phenoxy) is 2. The van der Waals surface area contributed by atoms with Crippen molar-refractivity contribution in [2.45, 2.75) is 46.2 Å². The van der Waals surface area contributed by atoms with Gasteiger partial charge in [-0.1, -0.05) is 36.7 Å². The van der Waals surface area contributed by atoms with E-state index in [4.69, 9.17) is 9.47 Å². The molecule has 2 aromatic rings. The van der Waals surface area contributed by atoms with Crippen LogP contribution >= 0.6 is 27.3 Å². The summed E-state index contributed by atoms with van der Waals surface area (Å²) < 4.78 is 11.8. The maximum Gasteiger partial charge on any atom is 0.256 e. The molecular formula is C21H23BrN2O3S. The molecule has 1 aliphatic carbocycles. The minimum atomic E-state index is -0.303. The van der Waals surface area contributed by atoms with E-state index >= 15 is 0 Å². The molecule has 0 radical (unpaired) electrons. The molecule has 0 spiro atoms. The van der Waals surface area contributed by atoms with Crippen molar-refractivity contribution in [2.75, 3.05) is 12.1 Å². The van der Waals surface area contributed by atoms with E-state index in [-0.39, 0.29) is 24.3 Å². The number of fused-ring (bicyclic) bond motifs is 4. The quantitative estimate of drug-likeness (QED) is 0.607. The Balaban J connectivity index is 1.48. The monoisotopic (exact) mass is 462 g/mol. The van der Waals surface area contributed by atoms with Gasteiger partial charge in [-0.25, -0.2) is 0 Å². The van der Waals surface area contributed by atoms with Crippen molar-refractivity contribution in [3.63, 3.8) is 0 Å². The van der Waals surface area contributed by atoms with Crippen LogP contribution in [0.1, 0.15) is 59.7 Å². The van der Waals surface area contributed by atoms with Crippen molar-refractivity contribution < 1.29 is 14.3 Å². The number of benzene rings is 1. The number of thiophene rings is 1. The largest absolute Gasteiger partial charge is 0.454 e. The van der Waals surface area contributed by atoms with Crippen LogP contribution in [-0.4, -0.2) is 12.7 Å². The van der Waals surface area contributed by atoms with Crippen LogP contribution in [-0.2, 0) is 12.8 Å². The first-order valence-corrected chi connectivity index (χ1v) is 11.2. The van der Waals surface area contributed by atoms with Crippen molar-refractivity contribution >= 4 is 38.2 Å². The zero-order valence-electron chi connectivity index (χ0n) is 16.1. The van der Waals surface area contributed by atoms with E-state index in [9.17, 15) is 4.79 Å². The molecule has 1 amide bonds. The Morgan fingerprint density at radius 2 is 1.93 bits per heavy atom. The van der Waals surface area contributed by atoms with Crippen LogP contribution < -0.4 is 20.1 Å². The molecule has 148 valence electrons. The molecule has 0 fully saturated rings. The third kappa shape index (κ3) is 2.90. The molecule has 3 heterocycles. The second-order valence-electron chi connectivity index (χ2n) is 8.79. The van der Waals surface area contributed by atoms with Crippen LogP contribution in [0.4, 0.5) is 5.00 Å². The zero-order valence-corrected chi connectivity index (χ0v) is 18.6. The molecule has 1 aromatic carbocycles. The molecule has 2 atom stereocenters. The smallest absolute Gasteiger partial charge is 0.256 e. The van der Waals surface area contributed by atoms with Crippen molar-refractivity contribution in [3.8, 4) is 11.5 Å². The number of hydrogen-bond acceptors (Lipinski definition) is 5. The van der Waals surface area contributed by atoms with Crippen molar-refractivity contribution in [1.29, 1.82) is 0 Å². The summed E-state index contributed by atoms with van der Waals surface area (Å²) in [5, 5.41) is 7.66. The lowest BCUT2D eigenvalue weighted by molar-refractivity contribution is 0.0934. The Morgan fingerprint density at radius 1 is 1.18 bits per heavy atom. The fourth-order valence-corrected chi connectivity index (χ4v) is 6.25. The van der Waals surface area contributed by atoms with Gasteiger partial charge in [-0.2, -0.15) is 0 Å². The van der Waals surface area contributed by atoms with Crippen LogP contribution in [0, 0.1) is 11.3 Å². The van der Waals surface area contributed by atoms with Gasteiger partial charge >= 0.3 is 0 Å². The highest BCUT2D eigenvalue weighted by Gasteiger charge is 2.37. The number of anilines is 1. The van der Waals surface area contributed by atoms with Gasteiger partial charge in [0.25, 0.3) is 5.91 Å². The number of carbonyl (C=O) groups is 1. The second kappa shape index (κ2) is 6.39. The summed E-state index contributed by atoms with van der Waals surface area (Å²) in [5.74, 6) is 2.09. The summed E-state index contributed by atoms with van der Waals surface area (Å²) in [7, 11) is 0. The number of hydrogen-bond donors (Lipinski definition) is 2. The second-order valence-corrected chi connectivity index (χ2v) is 10.8. The number of carbonyl (C=O) groups excluding carboxylic acids is 1. The summed E-state index contributed by atoms with van der Waals surface area (Å²) in [6.45, 7) is 7.17. The number of halogens is 1. The average molecular weight is 463 g/mol. The Morgan fingerprint density at radius 3 is 2.68 bits per heavy atom. The standard InChI is InChI=1S/C21H23BrN2O3S/c1-21(2,3)10-4-5-11-16(6-10)28-20-17(11)19(25)23-18(24-20)12-7-14-15(8-13(12)22)27-9-26-14/h7-8,10,18,24H,4-6,9H2,1-3H3,(H,23,25)/t10-,18+/m1/s1. The predicted octanol–water partition coefficient (Wildman–Crippen LogP) is 5.24. The fourth-order valence-electron chi connectivity index (χ4n) is 4.35. The van der Waals surface area contributed by atoms with Gasteiger partial charge in [0, 0.05) is 14.9 Å². The van der Waals surface area contributed by atoms with Gasteiger partial charge in [0.05, 0.1) is 5.56 Å². The summed E-state index contributed by atoms with van der Waals surface area (Å²) in [4.78, 5) is 14.4. The van der Waals surface area contributed by atoms with Crippen LogP contribution in [0.15, 0.2) is 16.6 Å². The molecule has 5 nitrogen and oxygen atoms in total. The number of amides is 1. The summed E-state index contributed by atoms with van der Waals surface area (Å²) in [6.07, 6.45) is 2.88. The van der Waals surface area contributed by atoms with Gasteiger partial charge in [-0.05, 0) is 48.3 Å². The van der Waals surface area contributed by atoms with Gasteiger partial charge in [-0.3, -0.25) is 4.79 Å². The average Bonchev–Trinajstić information content (AvgIpc) is 3.22. The zero-order chi connectivity index (χ0) is 19.6. The Labute approximate surface area is 176 Å². The maximum absolute atomic E-state index is 13.0. The van der Waals surface area contributed by atoms with E-state index < -0.39 is 0 Å². The Hall–Kier alpha value is -1.73. The molecule has 0 saturated heterocycles. The molecule has 2 aliphatic heterocycles. The number of nitrogens with one attached hydrogen (secondary N) is 2. The van der Waals surface area contributed by atoms with Crippen LogP contribution in [0.5, 0.6) is 11.5 Å². The van der Waals surface area contributed by atoms with Gasteiger partial charge in [0.15, 0.2) is 11.5 Å². The normalized spacial score (nSPS) is 22.9. The maximum atomic E-state index is 13.0. The Bertz CT molecular complexity index is 979. The van der Waals surface area contributed by atoms with Gasteiger partial charge in [-0.15, -0.1) is 11.3 Å². The van der Waals surface area contributed by atoms with E-state index in [0.717, 1.165) is 45.6 Å². The fraction of sp³-hybridized carbons (Fsp3) is 0.476. The highest BCUT2D eigenvalue weighted by Crippen LogP contribution is 2.47. The molecule has 28 heavy (non-hydrogen) atoms. The third-order valence-electron chi connectivity index (χ3n) is 6.07. The van der Waals surface area contributed by atoms with Crippen LogP contribution in [0.25, 0.3) is 0 Å². The Kier molecular flexibility index (Phi) is 4.18. The minimum absolute atomic E-state index is 0.00928. The first-order chi connectivity index (χ1) is 13.3. The lowest BCUT2D eigenvalue weighted by Crippen LogP contribution is -2.38. The highest BCUT2D eigenvalue weighted by molar-refractivity contribution is 9.10. The number of rotatable bonds is 1. The lowest BCUT2D eigenvalue weighted by atomic mass is 9.72. The highest BCUT2D eigenvalue weighted by atomic mass is 79.9. The molecule has 0 bridgehead atoms. The first-order valence-electron chi connectivity index (χ1n) is 9.62. The van der Waals surface area contributed by atoms with Crippen LogP contribution in [0.2, 0.25) is 0 Å². The van der Waals surface area contributed by atoms with Gasteiger partial charge in [0.2, 0.25) is 6.79 Å². The van der Waals surface area contributed by atoms with Gasteiger partial charge < -0.3 is 20.1 Å². The van der Waals surface area contributed by atoms with Crippen LogP contribution in [0.3, 0.4) is 0 Å². The summed E-state index contributed by atoms with van der Waals surface area (Å²) in [6, 6.07) is 3.83. The topological polar surface area (TPSA) is 59.6 Å². The molecule has 2 N–H and O–H groups in total. The molecule has 0 saturated carbocycles. The summed E-state index contributed by atoms with van der Waals surface area (Å²) >= 11 is 5.36. The molecule has 1 aromatic heterocycles. The predicted molar refractivity (Wildman–Crippen MR) is 113 cm³/mol. The summed E-state index contributed by atoms with van der Waals surface area (Å²) in [5.41, 5.74) is 3.31. The van der Waals surface area contributed by atoms with Crippen molar-refractivity contribution in [1.82, 2.24) is 5.32 Å². The third-order valence-corrected chi connectivity index (χ3v) is 7.94. The molecule has 5 rings (SSSR count). The van der Waals surface area contributed by atoms with Crippen molar-refractivity contribution in [2.24, 2.45) is 11.3 Å². The molecule has 0 unspecified atom stereocenters. The lowest BCUT2D eigenvalue weighted by Gasteiger charge is -2.34. The SMILES string of the molecule is CC(C)(C)[C@@H]1CCc2c(sc3c2C(=O)N[C@H](c2cc4c(cc2Br)OCO4)N3)C1. The van der Waals surface area contributed by atoms with E-state index in [1.54, 1.807) is 11.3 Å². The molecular weight excluding hydrogens is 440 g/mol. The molecule has 7 heteroatoms. The van der Waals surface area contributed by atoms with E-state index in [1.807, 2.05) is 12.1 Å². The van der Waals surface area contributed by atoms with E-state index in [0.29, 0.717) is 11.7 Å². The van der Waals surface area contributed by atoms with E-state index in [1.165, 1.54) is 10.4 Å². The molecule has 3 aliphatic rings. The van der Waals surface area contributed by atoms with E-state index in [2.05, 4.69) is 47.3 Å². The van der Waals surface area contributed by atoms with Gasteiger partial charge in [0.1, 0.15) is 11.2 Å².